The maximum Gasteiger partial charge on any atom is 0.163 e. The topological polar surface area (TPSA) is 62.3 Å². The van der Waals surface area contributed by atoms with Gasteiger partial charge < -0.3 is 19.8 Å². The molecule has 23 heavy (non-hydrogen) atoms. The largest absolute Gasteiger partial charge is 0.486 e. The zero-order valence-corrected chi connectivity index (χ0v) is 13.1. The highest BCUT2D eigenvalue weighted by molar-refractivity contribution is 5.84. The quantitative estimate of drug-likeness (QED) is 0.808. The molecule has 2 heterocycles. The van der Waals surface area contributed by atoms with Crippen LogP contribution in [0.25, 0.3) is 22.4 Å². The van der Waals surface area contributed by atoms with Gasteiger partial charge in [-0.2, -0.15) is 0 Å². The Labute approximate surface area is 134 Å². The van der Waals surface area contributed by atoms with Gasteiger partial charge in [0.05, 0.1) is 11.0 Å². The third-order valence-corrected chi connectivity index (χ3v) is 4.04. The average Bonchev–Trinajstić information content (AvgIpc) is 2.91. The summed E-state index contributed by atoms with van der Waals surface area (Å²) in [5.41, 5.74) is 10.0. The van der Waals surface area contributed by atoms with Crippen molar-refractivity contribution in [1.82, 2.24) is 9.55 Å². The minimum atomic E-state index is 0.554. The monoisotopic (exact) mass is 309 g/mol. The zero-order chi connectivity index (χ0) is 15.8. The van der Waals surface area contributed by atoms with Gasteiger partial charge in [-0.3, -0.25) is 0 Å². The SMILES string of the molecule is Cc1cccc(-c2nc3cc4c(cc3n2CCN)OCCO4)c1. The lowest BCUT2D eigenvalue weighted by Gasteiger charge is -2.18. The normalized spacial score (nSPS) is 13.5. The second-order valence-corrected chi connectivity index (χ2v) is 5.73. The van der Waals surface area contributed by atoms with E-state index in [0.29, 0.717) is 26.3 Å². The van der Waals surface area contributed by atoms with E-state index < -0.39 is 0 Å². The molecule has 5 nitrogen and oxygen atoms in total. The van der Waals surface area contributed by atoms with Crippen LogP contribution in [0.2, 0.25) is 0 Å². The van der Waals surface area contributed by atoms with Crippen molar-refractivity contribution in [3.63, 3.8) is 0 Å². The van der Waals surface area contributed by atoms with Gasteiger partial charge in [0.15, 0.2) is 11.5 Å². The predicted octanol–water partition coefficient (Wildman–Crippen LogP) is 2.74. The van der Waals surface area contributed by atoms with Crippen LogP contribution in [-0.4, -0.2) is 29.3 Å². The highest BCUT2D eigenvalue weighted by atomic mass is 16.6. The molecule has 1 aliphatic heterocycles. The molecule has 0 fully saturated rings. The molecule has 1 aromatic heterocycles. The maximum absolute atomic E-state index is 5.82. The molecule has 1 aliphatic rings. The van der Waals surface area contributed by atoms with Crippen LogP contribution in [0.3, 0.4) is 0 Å². The minimum Gasteiger partial charge on any atom is -0.486 e. The minimum absolute atomic E-state index is 0.554. The van der Waals surface area contributed by atoms with Crippen molar-refractivity contribution in [2.24, 2.45) is 5.73 Å². The van der Waals surface area contributed by atoms with Crippen LogP contribution in [0.15, 0.2) is 36.4 Å². The van der Waals surface area contributed by atoms with Crippen molar-refractivity contribution >= 4 is 11.0 Å². The Morgan fingerprint density at radius 1 is 1.13 bits per heavy atom. The summed E-state index contributed by atoms with van der Waals surface area (Å²) in [5.74, 6) is 2.46. The molecule has 0 unspecified atom stereocenters. The maximum atomic E-state index is 5.82. The van der Waals surface area contributed by atoms with E-state index in [1.54, 1.807) is 0 Å². The first kappa shape index (κ1) is 14.1. The van der Waals surface area contributed by atoms with Gasteiger partial charge in [0.1, 0.15) is 19.0 Å². The van der Waals surface area contributed by atoms with E-state index in [2.05, 4.69) is 29.7 Å². The van der Waals surface area contributed by atoms with Crippen LogP contribution in [0.4, 0.5) is 0 Å². The van der Waals surface area contributed by atoms with Crippen molar-refractivity contribution in [2.45, 2.75) is 13.5 Å². The smallest absolute Gasteiger partial charge is 0.163 e. The molecule has 0 aliphatic carbocycles. The number of nitrogens with two attached hydrogens (primary N) is 1. The van der Waals surface area contributed by atoms with E-state index in [-0.39, 0.29) is 0 Å². The predicted molar refractivity (Wildman–Crippen MR) is 90.0 cm³/mol. The third kappa shape index (κ3) is 2.43. The number of rotatable bonds is 3. The van der Waals surface area contributed by atoms with Crippen molar-refractivity contribution in [3.8, 4) is 22.9 Å². The number of fused-ring (bicyclic) bond motifs is 2. The first-order valence-electron chi connectivity index (χ1n) is 7.83. The molecule has 0 atom stereocenters. The highest BCUT2D eigenvalue weighted by Gasteiger charge is 2.18. The van der Waals surface area contributed by atoms with Gasteiger partial charge in [-0.25, -0.2) is 4.98 Å². The number of nitrogens with zero attached hydrogens (tertiary/aromatic N) is 2. The second-order valence-electron chi connectivity index (χ2n) is 5.73. The van der Waals surface area contributed by atoms with E-state index in [1.165, 1.54) is 5.56 Å². The van der Waals surface area contributed by atoms with Gasteiger partial charge >= 0.3 is 0 Å². The van der Waals surface area contributed by atoms with Gasteiger partial charge in [0.25, 0.3) is 0 Å². The summed E-state index contributed by atoms with van der Waals surface area (Å²) in [7, 11) is 0. The number of aromatic nitrogens is 2. The Balaban J connectivity index is 1.94. The molecule has 118 valence electrons. The molecule has 4 rings (SSSR count). The summed E-state index contributed by atoms with van der Waals surface area (Å²) < 4.78 is 13.5. The first-order valence-corrected chi connectivity index (χ1v) is 7.83. The van der Waals surface area contributed by atoms with Crippen LogP contribution in [0.1, 0.15) is 5.56 Å². The van der Waals surface area contributed by atoms with E-state index >= 15 is 0 Å². The van der Waals surface area contributed by atoms with Crippen molar-refractivity contribution in [1.29, 1.82) is 0 Å². The second kappa shape index (κ2) is 5.59. The number of benzene rings is 2. The molecule has 0 saturated carbocycles. The van der Waals surface area contributed by atoms with Crippen molar-refractivity contribution < 1.29 is 9.47 Å². The molecule has 0 spiro atoms. The molecule has 3 aromatic rings. The molecule has 0 radical (unpaired) electrons. The fourth-order valence-electron chi connectivity index (χ4n) is 3.02. The summed E-state index contributed by atoms with van der Waals surface area (Å²) in [5, 5.41) is 0. The Morgan fingerprint density at radius 3 is 2.65 bits per heavy atom. The molecule has 0 saturated heterocycles. The average molecular weight is 309 g/mol. The van der Waals surface area contributed by atoms with Gasteiger partial charge in [-0.05, 0) is 13.0 Å². The number of ether oxygens (including phenoxy) is 2. The summed E-state index contributed by atoms with van der Waals surface area (Å²) in [6, 6.07) is 12.3. The number of hydrogen-bond donors (Lipinski definition) is 1. The summed E-state index contributed by atoms with van der Waals surface area (Å²) in [6.07, 6.45) is 0. The Morgan fingerprint density at radius 2 is 1.91 bits per heavy atom. The highest BCUT2D eigenvalue weighted by Crippen LogP contribution is 2.36. The van der Waals surface area contributed by atoms with Gasteiger partial charge in [0, 0.05) is 30.8 Å². The Kier molecular flexibility index (Phi) is 3.42. The van der Waals surface area contributed by atoms with Crippen LogP contribution < -0.4 is 15.2 Å². The van der Waals surface area contributed by atoms with E-state index in [9.17, 15) is 0 Å². The zero-order valence-electron chi connectivity index (χ0n) is 13.1. The Bertz CT molecular complexity index is 870. The summed E-state index contributed by atoms with van der Waals surface area (Å²) >= 11 is 0. The van der Waals surface area contributed by atoms with Crippen LogP contribution in [0.5, 0.6) is 11.5 Å². The fourth-order valence-corrected chi connectivity index (χ4v) is 3.02. The molecular formula is C18H19N3O2. The van der Waals surface area contributed by atoms with Crippen LogP contribution >= 0.6 is 0 Å². The van der Waals surface area contributed by atoms with E-state index in [4.69, 9.17) is 20.2 Å². The van der Waals surface area contributed by atoms with Gasteiger partial charge in [-0.1, -0.05) is 23.8 Å². The van der Waals surface area contributed by atoms with Crippen LogP contribution in [0, 0.1) is 6.92 Å². The number of aryl methyl sites for hydroxylation is 1. The van der Waals surface area contributed by atoms with Crippen LogP contribution in [-0.2, 0) is 6.54 Å². The Hall–Kier alpha value is -2.53. The number of hydrogen-bond acceptors (Lipinski definition) is 4. The molecule has 0 amide bonds. The molecule has 2 N–H and O–H groups in total. The van der Waals surface area contributed by atoms with Crippen molar-refractivity contribution in [2.75, 3.05) is 19.8 Å². The lowest BCUT2D eigenvalue weighted by Crippen LogP contribution is -2.15. The lowest BCUT2D eigenvalue weighted by molar-refractivity contribution is 0.172. The molecule has 2 aromatic carbocycles. The fraction of sp³-hybridized carbons (Fsp3) is 0.278. The third-order valence-electron chi connectivity index (χ3n) is 4.04. The summed E-state index contributed by atoms with van der Waals surface area (Å²) in [6.45, 7) is 4.50. The van der Waals surface area contributed by atoms with Gasteiger partial charge in [-0.15, -0.1) is 0 Å². The first-order chi connectivity index (χ1) is 11.3. The molecule has 5 heteroatoms. The summed E-state index contributed by atoms with van der Waals surface area (Å²) in [4.78, 5) is 4.82. The lowest BCUT2D eigenvalue weighted by atomic mass is 10.1. The van der Waals surface area contributed by atoms with Crippen molar-refractivity contribution in [3.05, 3.63) is 42.0 Å². The van der Waals surface area contributed by atoms with Gasteiger partial charge in [0.2, 0.25) is 0 Å². The number of imidazole rings is 1. The molecular weight excluding hydrogens is 290 g/mol. The standard InChI is InChI=1S/C18H19N3O2/c1-12-3-2-4-13(9-12)18-20-14-10-16-17(23-8-7-22-16)11-15(14)21(18)6-5-19/h2-4,9-11H,5-8,19H2,1H3. The molecule has 0 bridgehead atoms. The van der Waals surface area contributed by atoms with E-state index in [0.717, 1.165) is 33.9 Å². The van der Waals surface area contributed by atoms with E-state index in [1.807, 2.05) is 18.2 Å².